The van der Waals surface area contributed by atoms with E-state index in [0.29, 0.717) is 13.0 Å². The summed E-state index contributed by atoms with van der Waals surface area (Å²) in [6.07, 6.45) is 2.25. The van der Waals surface area contributed by atoms with Crippen molar-refractivity contribution in [3.05, 3.63) is 30.1 Å². The molecule has 5 heteroatoms. The predicted molar refractivity (Wildman–Crippen MR) is 75.6 cm³/mol. The number of aliphatic hydroxyl groups excluding tert-OH is 1. The number of hydrogen-bond acceptors (Lipinski definition) is 5. The van der Waals surface area contributed by atoms with E-state index in [2.05, 4.69) is 20.9 Å². The highest BCUT2D eigenvalue weighted by Gasteiger charge is 2.19. The van der Waals surface area contributed by atoms with Crippen molar-refractivity contribution in [3.8, 4) is 0 Å². The molecule has 0 amide bonds. The smallest absolute Gasteiger partial charge is 0.0679 e. The zero-order chi connectivity index (χ0) is 13.5. The highest BCUT2D eigenvalue weighted by atomic mass is 16.3. The van der Waals surface area contributed by atoms with Crippen LogP contribution in [0.25, 0.3) is 0 Å². The number of pyridine rings is 1. The lowest BCUT2D eigenvalue weighted by molar-refractivity contribution is 0.0672. The molecule has 2 heterocycles. The normalized spacial score (nSPS) is 19.5. The number of hydrogen-bond donors (Lipinski definition) is 2. The van der Waals surface area contributed by atoms with Crippen LogP contribution in [0.15, 0.2) is 24.4 Å². The topological polar surface area (TPSA) is 65.6 Å². The van der Waals surface area contributed by atoms with Gasteiger partial charge in [-0.05, 0) is 25.1 Å². The van der Waals surface area contributed by atoms with Crippen molar-refractivity contribution >= 4 is 0 Å². The summed E-state index contributed by atoms with van der Waals surface area (Å²) < 4.78 is 0. The minimum absolute atomic E-state index is 0.285. The fraction of sp³-hybridized carbons (Fsp3) is 0.643. The Bertz CT molecular complexity index is 352. The summed E-state index contributed by atoms with van der Waals surface area (Å²) in [7, 11) is 0. The van der Waals surface area contributed by atoms with Crippen molar-refractivity contribution in [2.75, 3.05) is 39.3 Å². The Hall–Kier alpha value is -1.01. The molecule has 0 bridgehead atoms. The molecule has 0 saturated carbocycles. The van der Waals surface area contributed by atoms with E-state index in [1.807, 2.05) is 18.3 Å². The minimum Gasteiger partial charge on any atom is -0.392 e. The van der Waals surface area contributed by atoms with Gasteiger partial charge in [0.1, 0.15) is 0 Å². The van der Waals surface area contributed by atoms with Crippen LogP contribution in [0.5, 0.6) is 0 Å². The highest BCUT2D eigenvalue weighted by molar-refractivity contribution is 5.03. The third-order valence-corrected chi connectivity index (χ3v) is 3.55. The molecule has 5 nitrogen and oxygen atoms in total. The van der Waals surface area contributed by atoms with E-state index >= 15 is 0 Å². The van der Waals surface area contributed by atoms with Crippen LogP contribution in [0.1, 0.15) is 12.1 Å². The van der Waals surface area contributed by atoms with Gasteiger partial charge in [0.05, 0.1) is 11.8 Å². The van der Waals surface area contributed by atoms with Crippen molar-refractivity contribution in [2.45, 2.75) is 19.1 Å². The Labute approximate surface area is 115 Å². The van der Waals surface area contributed by atoms with E-state index < -0.39 is 0 Å². The lowest BCUT2D eigenvalue weighted by atomic mass is 10.2. The summed E-state index contributed by atoms with van der Waals surface area (Å²) in [5.74, 6) is 0. The van der Waals surface area contributed by atoms with Gasteiger partial charge in [-0.1, -0.05) is 6.07 Å². The van der Waals surface area contributed by atoms with Gasteiger partial charge in [0, 0.05) is 45.5 Å². The summed E-state index contributed by atoms with van der Waals surface area (Å²) in [6.45, 7) is 6.30. The second-order valence-electron chi connectivity index (χ2n) is 5.13. The van der Waals surface area contributed by atoms with Crippen molar-refractivity contribution in [1.82, 2.24) is 14.8 Å². The molecule has 3 N–H and O–H groups in total. The van der Waals surface area contributed by atoms with Gasteiger partial charge in [-0.2, -0.15) is 0 Å². The van der Waals surface area contributed by atoms with Crippen LogP contribution < -0.4 is 5.73 Å². The minimum atomic E-state index is -0.285. The molecule has 1 unspecified atom stereocenters. The monoisotopic (exact) mass is 264 g/mol. The first-order valence-corrected chi connectivity index (χ1v) is 7.00. The molecule has 1 aliphatic heterocycles. The quantitative estimate of drug-likeness (QED) is 0.752. The number of rotatable bonds is 6. The molecular formula is C14H24N4O. The number of aliphatic hydroxyl groups is 1. The molecule has 1 aromatic rings. The van der Waals surface area contributed by atoms with Crippen LogP contribution in [-0.4, -0.2) is 65.3 Å². The van der Waals surface area contributed by atoms with Crippen LogP contribution >= 0.6 is 0 Å². The fourth-order valence-corrected chi connectivity index (χ4v) is 2.43. The van der Waals surface area contributed by atoms with Crippen LogP contribution in [0, 0.1) is 0 Å². The molecule has 1 atom stereocenters. The molecular weight excluding hydrogens is 240 g/mol. The second kappa shape index (κ2) is 7.55. The Morgan fingerprint density at radius 2 is 1.95 bits per heavy atom. The van der Waals surface area contributed by atoms with Gasteiger partial charge in [0.25, 0.3) is 0 Å². The number of nitrogens with two attached hydrogens (primary N) is 1. The first kappa shape index (κ1) is 14.4. The van der Waals surface area contributed by atoms with Crippen molar-refractivity contribution in [3.63, 3.8) is 0 Å². The van der Waals surface area contributed by atoms with E-state index in [9.17, 15) is 5.11 Å². The van der Waals surface area contributed by atoms with Crippen LogP contribution in [0.3, 0.4) is 0 Å². The van der Waals surface area contributed by atoms with Crippen LogP contribution in [0.2, 0.25) is 0 Å². The Morgan fingerprint density at radius 3 is 2.58 bits per heavy atom. The zero-order valence-electron chi connectivity index (χ0n) is 11.4. The maximum Gasteiger partial charge on any atom is 0.0679 e. The van der Waals surface area contributed by atoms with Crippen LogP contribution in [-0.2, 0) is 6.54 Å². The van der Waals surface area contributed by atoms with E-state index in [1.54, 1.807) is 0 Å². The van der Waals surface area contributed by atoms with Crippen LogP contribution in [0.4, 0.5) is 0 Å². The van der Waals surface area contributed by atoms with Gasteiger partial charge < -0.3 is 10.8 Å². The first-order chi connectivity index (χ1) is 9.28. The lowest BCUT2D eigenvalue weighted by Gasteiger charge is -2.35. The molecule has 0 aromatic carbocycles. The Kier molecular flexibility index (Phi) is 5.72. The molecule has 2 rings (SSSR count). The van der Waals surface area contributed by atoms with Crippen molar-refractivity contribution in [2.24, 2.45) is 5.73 Å². The molecule has 1 aromatic heterocycles. The second-order valence-corrected chi connectivity index (χ2v) is 5.13. The zero-order valence-corrected chi connectivity index (χ0v) is 11.4. The molecule has 1 aliphatic rings. The van der Waals surface area contributed by atoms with Gasteiger partial charge in [-0.3, -0.25) is 14.8 Å². The SMILES string of the molecule is NCCC(O)CN1CCN(Cc2ccccn2)CC1. The number of β-amino-alcohol motifs (C(OH)–C–C–N with tert-alkyl or cyclic N) is 1. The summed E-state index contributed by atoms with van der Waals surface area (Å²) >= 11 is 0. The maximum absolute atomic E-state index is 9.76. The first-order valence-electron chi connectivity index (χ1n) is 7.00. The molecule has 1 fully saturated rings. The van der Waals surface area contributed by atoms with Gasteiger partial charge in [-0.25, -0.2) is 0 Å². The third kappa shape index (κ3) is 4.87. The summed E-state index contributed by atoms with van der Waals surface area (Å²) in [5, 5.41) is 9.76. The molecule has 0 radical (unpaired) electrons. The van der Waals surface area contributed by atoms with Gasteiger partial charge >= 0.3 is 0 Å². The molecule has 1 saturated heterocycles. The summed E-state index contributed by atoms with van der Waals surface area (Å²) in [5.41, 5.74) is 6.57. The van der Waals surface area contributed by atoms with E-state index in [0.717, 1.165) is 45.0 Å². The summed E-state index contributed by atoms with van der Waals surface area (Å²) in [4.78, 5) is 9.08. The van der Waals surface area contributed by atoms with Crippen molar-refractivity contribution < 1.29 is 5.11 Å². The fourth-order valence-electron chi connectivity index (χ4n) is 2.43. The summed E-state index contributed by atoms with van der Waals surface area (Å²) in [6, 6.07) is 6.04. The molecule has 19 heavy (non-hydrogen) atoms. The van der Waals surface area contributed by atoms with E-state index in [-0.39, 0.29) is 6.10 Å². The lowest BCUT2D eigenvalue weighted by Crippen LogP contribution is -2.48. The third-order valence-electron chi connectivity index (χ3n) is 3.55. The van der Waals surface area contributed by atoms with E-state index in [4.69, 9.17) is 5.73 Å². The van der Waals surface area contributed by atoms with Gasteiger partial charge in [0.15, 0.2) is 0 Å². The maximum atomic E-state index is 9.76. The Morgan fingerprint density at radius 1 is 1.21 bits per heavy atom. The largest absolute Gasteiger partial charge is 0.392 e. The molecule has 0 aliphatic carbocycles. The van der Waals surface area contributed by atoms with E-state index in [1.165, 1.54) is 0 Å². The average molecular weight is 264 g/mol. The van der Waals surface area contributed by atoms with Gasteiger partial charge in [0.2, 0.25) is 0 Å². The number of nitrogens with zero attached hydrogens (tertiary/aromatic N) is 3. The van der Waals surface area contributed by atoms with Gasteiger partial charge in [-0.15, -0.1) is 0 Å². The number of aromatic nitrogens is 1. The molecule has 0 spiro atoms. The standard InChI is InChI=1S/C14H24N4O/c15-5-4-14(19)12-18-9-7-17(8-10-18)11-13-3-1-2-6-16-13/h1-3,6,14,19H,4-5,7-12,15H2. The average Bonchev–Trinajstić information content (AvgIpc) is 2.42. The highest BCUT2D eigenvalue weighted by Crippen LogP contribution is 2.07. The number of piperazine rings is 1. The van der Waals surface area contributed by atoms with Crippen molar-refractivity contribution in [1.29, 1.82) is 0 Å². The predicted octanol–water partition coefficient (Wildman–Crippen LogP) is -0.0911. The Balaban J connectivity index is 1.70. The molecule has 106 valence electrons.